The van der Waals surface area contributed by atoms with Crippen molar-refractivity contribution in [2.24, 2.45) is 4.51 Å². The average Bonchev–Trinajstić information content (AvgIpc) is 1.37. The number of halogens is 1. The van der Waals surface area contributed by atoms with Crippen molar-refractivity contribution in [3.05, 3.63) is 0 Å². The first-order chi connectivity index (χ1) is 1.91. The second-order valence-corrected chi connectivity index (χ2v) is 0.527. The van der Waals surface area contributed by atoms with Crippen molar-refractivity contribution in [1.29, 1.82) is 0 Å². The van der Waals surface area contributed by atoms with Crippen molar-refractivity contribution in [2.45, 2.75) is 0 Å². The predicted molar refractivity (Wildman–Crippen MR) is 28.0 cm³/mol. The SMILES string of the molecule is S=C=NCl.[NaH]. The Kier molecular flexibility index (Phi) is 16.8. The molecule has 0 aliphatic rings. The fraction of sp³-hybridized carbons (Fsp3) is 0. The average molecular weight is 118 g/mol. The van der Waals surface area contributed by atoms with E-state index < -0.39 is 0 Å². The van der Waals surface area contributed by atoms with Crippen LogP contribution in [0.3, 0.4) is 0 Å². The molecule has 0 aromatic heterocycles. The van der Waals surface area contributed by atoms with Gasteiger partial charge in [0.05, 0.1) is 5.16 Å². The van der Waals surface area contributed by atoms with Crippen LogP contribution in [-0.4, -0.2) is 34.7 Å². The normalized spacial score (nSPS) is 3.40. The van der Waals surface area contributed by atoms with Gasteiger partial charge in [0, 0.05) is 11.8 Å². The molecule has 0 aliphatic carbocycles. The summed E-state index contributed by atoms with van der Waals surface area (Å²) in [4.78, 5) is 0. The van der Waals surface area contributed by atoms with Gasteiger partial charge in [0.15, 0.2) is 0 Å². The van der Waals surface area contributed by atoms with Gasteiger partial charge in [-0.2, -0.15) is 0 Å². The van der Waals surface area contributed by atoms with Gasteiger partial charge in [-0.25, -0.2) is 0 Å². The first-order valence-corrected chi connectivity index (χ1v) is 1.34. The third kappa shape index (κ3) is 11.1. The van der Waals surface area contributed by atoms with Crippen LogP contribution in [0.5, 0.6) is 0 Å². The van der Waals surface area contributed by atoms with E-state index in [4.69, 9.17) is 0 Å². The quantitative estimate of drug-likeness (QED) is 0.257. The van der Waals surface area contributed by atoms with E-state index >= 15 is 0 Å². The van der Waals surface area contributed by atoms with E-state index in [0.717, 1.165) is 0 Å². The van der Waals surface area contributed by atoms with Crippen molar-refractivity contribution in [1.82, 2.24) is 0 Å². The standard InChI is InChI=1S/CClNS.Na.H/c2-3-1-4;;. The maximum absolute atomic E-state index is 4.60. The molecule has 0 saturated carbocycles. The van der Waals surface area contributed by atoms with E-state index in [0.29, 0.717) is 0 Å². The number of thiocarbonyl (C=S) groups is 1. The Hall–Kier alpha value is 1.09. The topological polar surface area (TPSA) is 12.4 Å². The number of hydrogen-bond acceptors (Lipinski definition) is 2. The van der Waals surface area contributed by atoms with Crippen LogP contribution in [0.1, 0.15) is 0 Å². The molecule has 0 rings (SSSR count). The van der Waals surface area contributed by atoms with Crippen LogP contribution >= 0.6 is 24.0 Å². The van der Waals surface area contributed by atoms with Crippen LogP contribution in [-0.2, 0) is 0 Å². The third-order valence-electron chi connectivity index (χ3n) is 0.0345. The molecule has 0 amide bonds. The van der Waals surface area contributed by atoms with Gasteiger partial charge >= 0.3 is 29.6 Å². The van der Waals surface area contributed by atoms with E-state index in [1.807, 2.05) is 5.16 Å². The van der Waals surface area contributed by atoms with Gasteiger partial charge in [0.2, 0.25) is 0 Å². The van der Waals surface area contributed by atoms with Gasteiger partial charge in [0.1, 0.15) is 0 Å². The molecular weight excluding hydrogens is 117 g/mol. The Morgan fingerprint density at radius 1 is 1.80 bits per heavy atom. The minimum absolute atomic E-state index is 0. The second kappa shape index (κ2) is 8.92. The van der Waals surface area contributed by atoms with Crippen molar-refractivity contribution in [3.8, 4) is 0 Å². The molecule has 0 aromatic carbocycles. The summed E-state index contributed by atoms with van der Waals surface area (Å²) < 4.78 is 2.77. The second-order valence-electron chi connectivity index (χ2n) is 0.176. The van der Waals surface area contributed by atoms with E-state index in [-0.39, 0.29) is 29.6 Å². The Labute approximate surface area is 62.8 Å². The molecule has 5 heavy (non-hydrogen) atoms. The predicted octanol–water partition coefficient (Wildman–Crippen LogP) is 0.594. The fourth-order valence-electron chi connectivity index (χ4n) is 0. The van der Waals surface area contributed by atoms with Gasteiger partial charge in [-0.05, 0) is 12.2 Å². The molecule has 0 atom stereocenters. The molecule has 0 bridgehead atoms. The molecule has 1 nitrogen and oxygen atoms in total. The van der Waals surface area contributed by atoms with Crippen LogP contribution < -0.4 is 0 Å². The summed E-state index contributed by atoms with van der Waals surface area (Å²) in [7, 11) is 0. The molecule has 0 radical (unpaired) electrons. The maximum atomic E-state index is 4.60. The Morgan fingerprint density at radius 3 is 2.00 bits per heavy atom. The van der Waals surface area contributed by atoms with Crippen LogP contribution in [0, 0.1) is 0 Å². The summed E-state index contributed by atoms with van der Waals surface area (Å²) >= 11 is 8.60. The third-order valence-corrected chi connectivity index (χ3v) is 0.311. The van der Waals surface area contributed by atoms with E-state index in [1.165, 1.54) is 0 Å². The summed E-state index contributed by atoms with van der Waals surface area (Å²) in [6.07, 6.45) is 0. The van der Waals surface area contributed by atoms with Crippen LogP contribution in [0.4, 0.5) is 0 Å². The number of isothiocyanates is 1. The molecular formula is CHClNNaS. The Balaban J connectivity index is 0. The molecule has 0 N–H and O–H groups in total. The summed E-state index contributed by atoms with van der Waals surface area (Å²) in [5.74, 6) is 0. The van der Waals surface area contributed by atoms with Gasteiger partial charge in [-0.1, -0.05) is 0 Å². The van der Waals surface area contributed by atoms with Crippen LogP contribution in [0.15, 0.2) is 4.51 Å². The van der Waals surface area contributed by atoms with Crippen molar-refractivity contribution >= 4 is 58.7 Å². The van der Waals surface area contributed by atoms with Crippen molar-refractivity contribution in [3.63, 3.8) is 0 Å². The minimum atomic E-state index is 0. The van der Waals surface area contributed by atoms with Crippen molar-refractivity contribution in [2.75, 3.05) is 0 Å². The van der Waals surface area contributed by atoms with Crippen LogP contribution in [0.2, 0.25) is 0 Å². The van der Waals surface area contributed by atoms with Crippen molar-refractivity contribution < 1.29 is 0 Å². The van der Waals surface area contributed by atoms with E-state index in [1.54, 1.807) is 0 Å². The van der Waals surface area contributed by atoms with Gasteiger partial charge in [-0.3, -0.25) is 0 Å². The van der Waals surface area contributed by atoms with Crippen LogP contribution in [0.25, 0.3) is 0 Å². The summed E-state index contributed by atoms with van der Waals surface area (Å²) in [6, 6.07) is 0. The molecule has 24 valence electrons. The summed E-state index contributed by atoms with van der Waals surface area (Å²) in [5.41, 5.74) is 0. The first-order valence-electron chi connectivity index (χ1n) is 0.597. The number of rotatable bonds is 0. The first kappa shape index (κ1) is 9.43. The molecule has 0 aromatic rings. The Bertz CT molecular complexity index is 49.6. The molecule has 0 heterocycles. The van der Waals surface area contributed by atoms with E-state index in [9.17, 15) is 0 Å². The zero-order valence-electron chi connectivity index (χ0n) is 1.73. The molecule has 0 aliphatic heterocycles. The fourth-order valence-corrected chi connectivity index (χ4v) is 0. The number of hydrogen-bond donors (Lipinski definition) is 0. The van der Waals surface area contributed by atoms with Gasteiger partial charge < -0.3 is 0 Å². The monoisotopic (exact) mass is 117 g/mol. The molecule has 4 heteroatoms. The molecule has 0 unspecified atom stereocenters. The Morgan fingerprint density at radius 2 is 2.00 bits per heavy atom. The zero-order chi connectivity index (χ0) is 3.41. The zero-order valence-corrected chi connectivity index (χ0v) is 3.31. The van der Waals surface area contributed by atoms with Gasteiger partial charge in [-0.15, -0.1) is 4.51 Å². The summed E-state index contributed by atoms with van der Waals surface area (Å²) in [5, 5.41) is 1.90. The molecule has 0 fully saturated rings. The molecule has 0 spiro atoms. The molecule has 0 saturated heterocycles. The van der Waals surface area contributed by atoms with Gasteiger partial charge in [0.25, 0.3) is 0 Å². The van der Waals surface area contributed by atoms with E-state index in [2.05, 4.69) is 28.5 Å². The summed E-state index contributed by atoms with van der Waals surface area (Å²) in [6.45, 7) is 0. The number of nitrogens with zero attached hydrogens (tertiary/aromatic N) is 1.